The Kier molecular flexibility index (Phi) is 5.76. The molecular weight excluding hydrogens is 317 g/mol. The molecule has 0 saturated heterocycles. The maximum atomic E-state index is 11.8. The Hall–Kier alpha value is -0.620. The van der Waals surface area contributed by atoms with E-state index < -0.39 is 0 Å². The number of carbonyl (C=O) groups is 1. The molecule has 3 nitrogen and oxygen atoms in total. The van der Waals surface area contributed by atoms with Crippen molar-refractivity contribution in [2.75, 3.05) is 20.3 Å². The van der Waals surface area contributed by atoms with Crippen molar-refractivity contribution in [2.24, 2.45) is 5.92 Å². The van der Waals surface area contributed by atoms with Crippen LogP contribution in [0.15, 0.2) is 24.3 Å². The van der Waals surface area contributed by atoms with E-state index in [1.807, 2.05) is 31.2 Å². The van der Waals surface area contributed by atoms with Crippen LogP contribution >= 0.6 is 22.6 Å². The highest BCUT2D eigenvalue weighted by molar-refractivity contribution is 14.1. The van der Waals surface area contributed by atoms with Crippen LogP contribution in [0.2, 0.25) is 0 Å². The first kappa shape index (κ1) is 13.4. The van der Waals surface area contributed by atoms with Crippen molar-refractivity contribution in [1.29, 1.82) is 0 Å². The molecule has 88 valence electrons. The largest absolute Gasteiger partial charge is 0.384 e. The van der Waals surface area contributed by atoms with Gasteiger partial charge >= 0.3 is 0 Å². The molecule has 1 aromatic carbocycles. The number of benzene rings is 1. The highest BCUT2D eigenvalue weighted by Gasteiger charge is 2.07. The fourth-order valence-electron chi connectivity index (χ4n) is 1.34. The number of methoxy groups -OCH3 is 1. The summed E-state index contributed by atoms with van der Waals surface area (Å²) in [6.07, 6.45) is 0. The third kappa shape index (κ3) is 4.49. The van der Waals surface area contributed by atoms with Crippen LogP contribution in [0.3, 0.4) is 0 Å². The summed E-state index contributed by atoms with van der Waals surface area (Å²) in [5.41, 5.74) is 0.705. The van der Waals surface area contributed by atoms with Crippen LogP contribution in [0.4, 0.5) is 0 Å². The molecule has 4 heteroatoms. The van der Waals surface area contributed by atoms with Crippen molar-refractivity contribution >= 4 is 28.5 Å². The number of halogens is 1. The Morgan fingerprint density at radius 2 is 2.31 bits per heavy atom. The summed E-state index contributed by atoms with van der Waals surface area (Å²) in [4.78, 5) is 11.8. The number of carbonyl (C=O) groups excluding carboxylic acids is 1. The summed E-state index contributed by atoms with van der Waals surface area (Å²) in [6, 6.07) is 7.54. The highest BCUT2D eigenvalue weighted by Crippen LogP contribution is 2.07. The molecule has 1 N–H and O–H groups in total. The van der Waals surface area contributed by atoms with Gasteiger partial charge in [0.15, 0.2) is 0 Å². The lowest BCUT2D eigenvalue weighted by atomic mass is 10.2. The van der Waals surface area contributed by atoms with Crippen LogP contribution < -0.4 is 5.32 Å². The lowest BCUT2D eigenvalue weighted by molar-refractivity contribution is 0.0934. The maximum absolute atomic E-state index is 11.8. The molecule has 1 aromatic rings. The van der Waals surface area contributed by atoms with Gasteiger partial charge in [-0.2, -0.15) is 0 Å². The van der Waals surface area contributed by atoms with Crippen LogP contribution in [-0.2, 0) is 4.74 Å². The SMILES string of the molecule is COCC(C)CNC(=O)c1cccc(I)c1. The summed E-state index contributed by atoms with van der Waals surface area (Å²) in [5.74, 6) is 0.304. The molecule has 16 heavy (non-hydrogen) atoms. The van der Waals surface area contributed by atoms with Gasteiger partial charge in [-0.15, -0.1) is 0 Å². The number of hydrogen-bond donors (Lipinski definition) is 1. The van der Waals surface area contributed by atoms with Crippen LogP contribution in [0, 0.1) is 9.49 Å². The number of amides is 1. The van der Waals surface area contributed by atoms with Gasteiger partial charge in [0.25, 0.3) is 5.91 Å². The van der Waals surface area contributed by atoms with E-state index in [-0.39, 0.29) is 5.91 Å². The van der Waals surface area contributed by atoms with Crippen LogP contribution in [0.25, 0.3) is 0 Å². The van der Waals surface area contributed by atoms with E-state index in [1.165, 1.54) is 0 Å². The first-order chi connectivity index (χ1) is 7.63. The first-order valence-electron chi connectivity index (χ1n) is 5.16. The van der Waals surface area contributed by atoms with Gasteiger partial charge in [0.05, 0.1) is 6.61 Å². The second-order valence-corrected chi connectivity index (χ2v) is 5.03. The Morgan fingerprint density at radius 3 is 2.94 bits per heavy atom. The summed E-state index contributed by atoms with van der Waals surface area (Å²) in [7, 11) is 1.66. The Morgan fingerprint density at radius 1 is 1.56 bits per heavy atom. The minimum Gasteiger partial charge on any atom is -0.384 e. The molecule has 1 rings (SSSR count). The minimum atomic E-state index is -0.0264. The molecule has 0 fully saturated rings. The third-order valence-corrected chi connectivity index (χ3v) is 2.82. The normalized spacial score (nSPS) is 12.2. The molecule has 0 spiro atoms. The standard InChI is InChI=1S/C12H16INO2/c1-9(8-16-2)7-14-12(15)10-4-3-5-11(13)6-10/h3-6,9H,7-8H2,1-2H3,(H,14,15). The maximum Gasteiger partial charge on any atom is 0.251 e. The molecular formula is C12H16INO2. The van der Waals surface area contributed by atoms with Crippen LogP contribution in [0.5, 0.6) is 0 Å². The smallest absolute Gasteiger partial charge is 0.251 e. The lowest BCUT2D eigenvalue weighted by Crippen LogP contribution is -2.29. The minimum absolute atomic E-state index is 0.0264. The van der Waals surface area contributed by atoms with Gasteiger partial charge in [0.2, 0.25) is 0 Å². The van der Waals surface area contributed by atoms with Gasteiger partial charge in [0, 0.05) is 22.8 Å². The Balaban J connectivity index is 2.47. The van der Waals surface area contributed by atoms with E-state index >= 15 is 0 Å². The Labute approximate surface area is 110 Å². The Bertz CT molecular complexity index is 355. The van der Waals surface area contributed by atoms with E-state index in [0.29, 0.717) is 24.6 Å². The van der Waals surface area contributed by atoms with E-state index in [4.69, 9.17) is 4.74 Å². The van der Waals surface area contributed by atoms with Gasteiger partial charge in [-0.05, 0) is 46.7 Å². The van der Waals surface area contributed by atoms with Gasteiger partial charge < -0.3 is 10.1 Å². The topological polar surface area (TPSA) is 38.3 Å². The lowest BCUT2D eigenvalue weighted by Gasteiger charge is -2.11. The number of hydrogen-bond acceptors (Lipinski definition) is 2. The van der Waals surface area contributed by atoms with Crippen molar-refractivity contribution in [3.63, 3.8) is 0 Å². The quantitative estimate of drug-likeness (QED) is 0.840. The predicted molar refractivity (Wildman–Crippen MR) is 72.5 cm³/mol. The number of nitrogens with one attached hydrogen (secondary N) is 1. The third-order valence-electron chi connectivity index (χ3n) is 2.15. The van der Waals surface area contributed by atoms with Gasteiger partial charge in [-0.25, -0.2) is 0 Å². The summed E-state index contributed by atoms with van der Waals surface area (Å²) >= 11 is 2.19. The van der Waals surface area contributed by atoms with Crippen molar-refractivity contribution in [1.82, 2.24) is 5.32 Å². The van der Waals surface area contributed by atoms with Crippen LogP contribution in [-0.4, -0.2) is 26.2 Å². The summed E-state index contributed by atoms with van der Waals surface area (Å²) < 4.78 is 6.07. The highest BCUT2D eigenvalue weighted by atomic mass is 127. The van der Waals surface area contributed by atoms with Gasteiger partial charge in [-0.1, -0.05) is 13.0 Å². The molecule has 0 radical (unpaired) electrons. The average molecular weight is 333 g/mol. The molecule has 1 amide bonds. The molecule has 0 bridgehead atoms. The molecule has 0 aromatic heterocycles. The van der Waals surface area contributed by atoms with Crippen molar-refractivity contribution < 1.29 is 9.53 Å². The monoisotopic (exact) mass is 333 g/mol. The molecule has 0 aliphatic carbocycles. The molecule has 0 aliphatic heterocycles. The van der Waals surface area contributed by atoms with Gasteiger partial charge in [-0.3, -0.25) is 4.79 Å². The fraction of sp³-hybridized carbons (Fsp3) is 0.417. The summed E-state index contributed by atoms with van der Waals surface area (Å²) in [5, 5.41) is 2.89. The first-order valence-corrected chi connectivity index (χ1v) is 6.24. The number of ether oxygens (including phenoxy) is 1. The van der Waals surface area contributed by atoms with E-state index in [9.17, 15) is 4.79 Å². The fourth-order valence-corrected chi connectivity index (χ4v) is 1.89. The van der Waals surface area contributed by atoms with Gasteiger partial charge in [0.1, 0.15) is 0 Å². The van der Waals surface area contributed by atoms with Crippen molar-refractivity contribution in [2.45, 2.75) is 6.92 Å². The molecule has 1 atom stereocenters. The van der Waals surface area contributed by atoms with Crippen LogP contribution in [0.1, 0.15) is 17.3 Å². The summed E-state index contributed by atoms with van der Waals surface area (Å²) in [6.45, 7) is 3.34. The predicted octanol–water partition coefficient (Wildman–Crippen LogP) is 2.30. The molecule has 1 unspecified atom stereocenters. The zero-order chi connectivity index (χ0) is 12.0. The molecule has 0 aliphatic rings. The van der Waals surface area contributed by atoms with E-state index in [2.05, 4.69) is 27.9 Å². The zero-order valence-corrected chi connectivity index (χ0v) is 11.7. The molecule has 0 heterocycles. The molecule has 0 saturated carbocycles. The van der Waals surface area contributed by atoms with E-state index in [1.54, 1.807) is 7.11 Å². The zero-order valence-electron chi connectivity index (χ0n) is 9.50. The average Bonchev–Trinajstić information content (AvgIpc) is 2.26. The van der Waals surface area contributed by atoms with Crippen molar-refractivity contribution in [3.05, 3.63) is 33.4 Å². The number of rotatable bonds is 5. The van der Waals surface area contributed by atoms with E-state index in [0.717, 1.165) is 3.57 Å². The second-order valence-electron chi connectivity index (χ2n) is 3.78. The van der Waals surface area contributed by atoms with Crippen molar-refractivity contribution in [3.8, 4) is 0 Å². The second kappa shape index (κ2) is 6.85.